The molecule has 0 aliphatic rings. The van der Waals surface area contributed by atoms with E-state index in [0.29, 0.717) is 6.04 Å². The molecule has 0 radical (unpaired) electrons. The fraction of sp³-hybridized carbons (Fsp3) is 0.625. The van der Waals surface area contributed by atoms with Crippen molar-refractivity contribution in [2.24, 2.45) is 23.7 Å². The maximum absolute atomic E-state index is 6.48. The Kier molecular flexibility index (Phi) is 14.7. The SMILES string of the molecule is C=CCCC(C)C(C)[C@H](C)C(CC)CC(C/C=C/C=C(\C)Cc1cc(C)c(Cl)c(N(C)C)c1)NC. The number of benzene rings is 1. The van der Waals surface area contributed by atoms with Gasteiger partial charge in [-0.15, -0.1) is 6.58 Å². The highest BCUT2D eigenvalue weighted by Crippen LogP contribution is 2.34. The van der Waals surface area contributed by atoms with E-state index >= 15 is 0 Å². The highest BCUT2D eigenvalue weighted by molar-refractivity contribution is 6.34. The van der Waals surface area contributed by atoms with Crippen LogP contribution in [0.2, 0.25) is 5.02 Å². The number of nitrogens with one attached hydrogen (secondary N) is 1. The Morgan fingerprint density at radius 1 is 1.17 bits per heavy atom. The maximum Gasteiger partial charge on any atom is 0.0668 e. The van der Waals surface area contributed by atoms with Crippen molar-refractivity contribution in [2.45, 2.75) is 86.1 Å². The predicted octanol–water partition coefficient (Wildman–Crippen LogP) is 9.03. The van der Waals surface area contributed by atoms with Crippen LogP contribution in [0.3, 0.4) is 0 Å². The predicted molar refractivity (Wildman–Crippen MR) is 160 cm³/mol. The first kappa shape index (κ1) is 31.5. The summed E-state index contributed by atoms with van der Waals surface area (Å²) in [5.74, 6) is 2.97. The molecular formula is C32H53ClN2. The zero-order valence-electron chi connectivity index (χ0n) is 24.1. The van der Waals surface area contributed by atoms with Gasteiger partial charge in [-0.2, -0.15) is 0 Å². The van der Waals surface area contributed by atoms with Crippen LogP contribution in [-0.2, 0) is 6.42 Å². The van der Waals surface area contributed by atoms with Crippen LogP contribution in [0.25, 0.3) is 0 Å². The summed E-state index contributed by atoms with van der Waals surface area (Å²) in [5, 5.41) is 4.42. The third-order valence-corrected chi connectivity index (χ3v) is 8.51. The van der Waals surface area contributed by atoms with Gasteiger partial charge in [-0.1, -0.05) is 81.7 Å². The Morgan fingerprint density at radius 2 is 1.86 bits per heavy atom. The van der Waals surface area contributed by atoms with E-state index in [2.05, 4.69) is 102 Å². The van der Waals surface area contributed by atoms with E-state index in [1.807, 2.05) is 14.1 Å². The molecule has 0 aromatic heterocycles. The molecule has 0 amide bonds. The largest absolute Gasteiger partial charge is 0.376 e. The fourth-order valence-electron chi connectivity index (χ4n) is 5.15. The van der Waals surface area contributed by atoms with Crippen molar-refractivity contribution in [3.05, 3.63) is 64.7 Å². The maximum atomic E-state index is 6.48. The minimum atomic E-state index is 0.518. The highest BCUT2D eigenvalue weighted by Gasteiger charge is 2.26. The average Bonchev–Trinajstić information content (AvgIpc) is 2.83. The van der Waals surface area contributed by atoms with Crippen LogP contribution in [0.4, 0.5) is 5.69 Å². The van der Waals surface area contributed by atoms with Crippen molar-refractivity contribution >= 4 is 17.3 Å². The molecule has 0 saturated heterocycles. The van der Waals surface area contributed by atoms with E-state index in [1.165, 1.54) is 30.4 Å². The molecule has 1 rings (SSSR count). The summed E-state index contributed by atoms with van der Waals surface area (Å²) in [7, 11) is 6.20. The van der Waals surface area contributed by atoms with Crippen molar-refractivity contribution in [3.63, 3.8) is 0 Å². The molecule has 3 heteroatoms. The summed E-state index contributed by atoms with van der Waals surface area (Å²) in [6.45, 7) is 17.9. The summed E-state index contributed by atoms with van der Waals surface area (Å²) >= 11 is 6.48. The molecule has 0 heterocycles. The van der Waals surface area contributed by atoms with Crippen LogP contribution in [0.1, 0.15) is 77.8 Å². The van der Waals surface area contributed by atoms with Crippen LogP contribution in [0.5, 0.6) is 0 Å². The number of nitrogens with zero attached hydrogens (tertiary/aromatic N) is 1. The van der Waals surface area contributed by atoms with Gasteiger partial charge in [-0.3, -0.25) is 0 Å². The van der Waals surface area contributed by atoms with Gasteiger partial charge in [-0.05, 0) is 93.9 Å². The monoisotopic (exact) mass is 500 g/mol. The first-order chi connectivity index (χ1) is 16.5. The van der Waals surface area contributed by atoms with Crippen molar-refractivity contribution in [1.29, 1.82) is 0 Å². The van der Waals surface area contributed by atoms with Gasteiger partial charge in [0.15, 0.2) is 0 Å². The number of aryl methyl sites for hydroxylation is 1. The fourth-order valence-corrected chi connectivity index (χ4v) is 5.43. The lowest BCUT2D eigenvalue weighted by molar-refractivity contribution is 0.172. The summed E-state index contributed by atoms with van der Waals surface area (Å²) in [4.78, 5) is 2.09. The minimum Gasteiger partial charge on any atom is -0.376 e. The molecule has 2 nitrogen and oxygen atoms in total. The third kappa shape index (κ3) is 10.6. The Labute approximate surface area is 222 Å². The van der Waals surface area contributed by atoms with Crippen LogP contribution in [-0.4, -0.2) is 27.2 Å². The molecule has 1 N–H and O–H groups in total. The molecule has 0 aliphatic heterocycles. The molecule has 4 unspecified atom stereocenters. The lowest BCUT2D eigenvalue weighted by atomic mass is 9.73. The van der Waals surface area contributed by atoms with E-state index in [-0.39, 0.29) is 0 Å². The number of halogens is 1. The molecule has 0 bridgehead atoms. The quantitative estimate of drug-likeness (QED) is 0.180. The molecule has 0 aliphatic carbocycles. The Morgan fingerprint density at radius 3 is 2.43 bits per heavy atom. The second kappa shape index (κ2) is 16.3. The summed E-state index contributed by atoms with van der Waals surface area (Å²) in [5.41, 5.74) is 4.89. The lowest BCUT2D eigenvalue weighted by Crippen LogP contribution is -2.32. The van der Waals surface area contributed by atoms with Gasteiger partial charge in [0.25, 0.3) is 0 Å². The second-order valence-corrected chi connectivity index (χ2v) is 11.3. The van der Waals surface area contributed by atoms with Crippen molar-refractivity contribution in [1.82, 2.24) is 5.32 Å². The van der Waals surface area contributed by atoms with E-state index in [0.717, 1.165) is 59.2 Å². The normalized spacial score (nSPS) is 16.7. The van der Waals surface area contributed by atoms with E-state index in [4.69, 9.17) is 11.6 Å². The van der Waals surface area contributed by atoms with Crippen molar-refractivity contribution in [3.8, 4) is 0 Å². The molecule has 35 heavy (non-hydrogen) atoms. The van der Waals surface area contributed by atoms with E-state index < -0.39 is 0 Å². The second-order valence-electron chi connectivity index (χ2n) is 10.9. The smallest absolute Gasteiger partial charge is 0.0668 e. The standard InChI is InChI=1S/C32H53ClN2/c1-11-13-17-24(4)26(6)27(7)29(12-2)22-30(34-8)18-15-14-16-23(3)19-28-20-25(5)32(33)31(21-28)35(9)10/h11,14-16,20-21,24,26-27,29-30,34H,1,12-13,17-19,22H2,2-10H3/b15-14+,23-16+/t24?,26?,27-,29?,30?/m0/s1. The van der Waals surface area contributed by atoms with Gasteiger partial charge in [0.05, 0.1) is 10.7 Å². The molecule has 1 aromatic carbocycles. The van der Waals surface area contributed by atoms with Crippen LogP contribution < -0.4 is 10.2 Å². The van der Waals surface area contributed by atoms with Gasteiger partial charge in [0, 0.05) is 20.1 Å². The molecule has 5 atom stereocenters. The number of allylic oxidation sites excluding steroid dienone is 4. The van der Waals surface area contributed by atoms with Gasteiger partial charge in [0.1, 0.15) is 0 Å². The Hall–Kier alpha value is -1.51. The minimum absolute atomic E-state index is 0.518. The van der Waals surface area contributed by atoms with Crippen LogP contribution in [0.15, 0.2) is 48.6 Å². The topological polar surface area (TPSA) is 15.3 Å². The van der Waals surface area contributed by atoms with Gasteiger partial charge in [-0.25, -0.2) is 0 Å². The van der Waals surface area contributed by atoms with Gasteiger partial charge < -0.3 is 10.2 Å². The molecule has 1 aromatic rings. The summed E-state index contributed by atoms with van der Waals surface area (Å²) in [6, 6.07) is 4.93. The van der Waals surface area contributed by atoms with Crippen molar-refractivity contribution in [2.75, 3.05) is 26.0 Å². The molecular weight excluding hydrogens is 448 g/mol. The highest BCUT2D eigenvalue weighted by atomic mass is 35.5. The number of anilines is 1. The van der Waals surface area contributed by atoms with E-state index in [9.17, 15) is 0 Å². The van der Waals surface area contributed by atoms with Crippen LogP contribution >= 0.6 is 11.6 Å². The van der Waals surface area contributed by atoms with Gasteiger partial charge >= 0.3 is 0 Å². The zero-order valence-corrected chi connectivity index (χ0v) is 24.9. The zero-order chi connectivity index (χ0) is 26.5. The third-order valence-electron chi connectivity index (χ3n) is 8.01. The molecule has 0 spiro atoms. The number of hydrogen-bond acceptors (Lipinski definition) is 2. The summed E-state index contributed by atoms with van der Waals surface area (Å²) in [6.07, 6.45) is 15.7. The van der Waals surface area contributed by atoms with Gasteiger partial charge in [0.2, 0.25) is 0 Å². The van der Waals surface area contributed by atoms with E-state index in [1.54, 1.807) is 0 Å². The van der Waals surface area contributed by atoms with Crippen molar-refractivity contribution < 1.29 is 0 Å². The average molecular weight is 501 g/mol. The molecule has 0 saturated carbocycles. The first-order valence-corrected chi connectivity index (χ1v) is 14.0. The summed E-state index contributed by atoms with van der Waals surface area (Å²) < 4.78 is 0. The van der Waals surface area contributed by atoms with Crippen LogP contribution in [0, 0.1) is 30.6 Å². The lowest BCUT2D eigenvalue weighted by Gasteiger charge is -2.34. The number of hydrogen-bond donors (Lipinski definition) is 1. The number of rotatable bonds is 16. The first-order valence-electron chi connectivity index (χ1n) is 13.6. The molecule has 198 valence electrons. The Bertz CT molecular complexity index is 823. The Balaban J connectivity index is 2.71. The molecule has 0 fully saturated rings.